The van der Waals surface area contributed by atoms with Gasteiger partial charge in [0.1, 0.15) is 0 Å². The Morgan fingerprint density at radius 1 is 1.37 bits per heavy atom. The van der Waals surface area contributed by atoms with E-state index in [1.54, 1.807) is 6.07 Å². The summed E-state index contributed by atoms with van der Waals surface area (Å²) >= 11 is 0. The van der Waals surface area contributed by atoms with Crippen molar-refractivity contribution in [3.63, 3.8) is 0 Å². The Hall–Kier alpha value is -1.56. The summed E-state index contributed by atoms with van der Waals surface area (Å²) in [5.41, 5.74) is -0.281. The van der Waals surface area contributed by atoms with Crippen LogP contribution in [0.5, 0.6) is 0 Å². The van der Waals surface area contributed by atoms with Crippen LogP contribution < -0.4 is 0 Å². The highest BCUT2D eigenvalue weighted by molar-refractivity contribution is 5.74. The lowest BCUT2D eigenvalue weighted by atomic mass is 10.0. The Bertz CT molecular complexity index is 470. The zero-order valence-corrected chi connectivity index (χ0v) is 10.2. The first-order chi connectivity index (χ1) is 8.91. The van der Waals surface area contributed by atoms with Gasteiger partial charge in [0.15, 0.2) is 6.10 Å². The van der Waals surface area contributed by atoms with E-state index in [9.17, 15) is 18.0 Å². The second-order valence-electron chi connectivity index (χ2n) is 4.34. The number of halogens is 3. The summed E-state index contributed by atoms with van der Waals surface area (Å²) in [7, 11) is 1.25. The molecule has 6 heteroatoms. The van der Waals surface area contributed by atoms with Crippen molar-refractivity contribution in [2.45, 2.75) is 31.2 Å². The van der Waals surface area contributed by atoms with Crippen molar-refractivity contribution in [1.82, 2.24) is 0 Å². The molecule has 2 rings (SSSR count). The van der Waals surface area contributed by atoms with Gasteiger partial charge in [-0.15, -0.1) is 0 Å². The first-order valence-electron chi connectivity index (χ1n) is 5.82. The minimum atomic E-state index is -4.38. The maximum Gasteiger partial charge on any atom is 0.416 e. The highest BCUT2D eigenvalue weighted by Gasteiger charge is 2.34. The Labute approximate surface area is 108 Å². The summed E-state index contributed by atoms with van der Waals surface area (Å²) < 4.78 is 47.8. The quantitative estimate of drug-likeness (QED) is 0.777. The van der Waals surface area contributed by atoms with Gasteiger partial charge >= 0.3 is 12.1 Å². The molecule has 1 aromatic carbocycles. The van der Waals surface area contributed by atoms with Crippen LogP contribution in [0, 0.1) is 0 Å². The smallest absolute Gasteiger partial charge is 0.416 e. The molecule has 0 unspecified atom stereocenters. The van der Waals surface area contributed by atoms with Gasteiger partial charge in [0.05, 0.1) is 18.8 Å². The van der Waals surface area contributed by atoms with Gasteiger partial charge in [-0.05, 0) is 30.5 Å². The lowest BCUT2D eigenvalue weighted by Gasteiger charge is -2.14. The van der Waals surface area contributed by atoms with Gasteiger partial charge in [0.2, 0.25) is 0 Å². The molecule has 19 heavy (non-hydrogen) atoms. The molecule has 3 nitrogen and oxygen atoms in total. The van der Waals surface area contributed by atoms with Crippen LogP contribution in [-0.2, 0) is 20.4 Å². The standard InChI is InChI=1S/C13H13F3O3/c1-18-12(17)11-6-5-10(19-11)8-3-2-4-9(7-8)13(14,15)16/h2-4,7,10-11H,5-6H2,1H3/t10-,11+/m1/s1. The number of rotatable bonds is 2. The lowest BCUT2D eigenvalue weighted by Crippen LogP contribution is -2.21. The number of hydrogen-bond acceptors (Lipinski definition) is 3. The number of ether oxygens (including phenoxy) is 2. The predicted octanol–water partition coefficient (Wildman–Crippen LogP) is 3.10. The second kappa shape index (κ2) is 5.21. The predicted molar refractivity (Wildman–Crippen MR) is 60.3 cm³/mol. The second-order valence-corrected chi connectivity index (χ2v) is 4.34. The minimum Gasteiger partial charge on any atom is -0.467 e. The van der Waals surface area contributed by atoms with E-state index in [1.807, 2.05) is 0 Å². The third-order valence-electron chi connectivity index (χ3n) is 3.07. The molecule has 0 radical (unpaired) electrons. The Kier molecular flexibility index (Phi) is 3.80. The Balaban J connectivity index is 2.14. The summed E-state index contributed by atoms with van der Waals surface area (Å²) in [5.74, 6) is -0.491. The van der Waals surface area contributed by atoms with E-state index in [1.165, 1.54) is 13.2 Å². The van der Waals surface area contributed by atoms with Crippen molar-refractivity contribution in [2.24, 2.45) is 0 Å². The van der Waals surface area contributed by atoms with E-state index in [-0.39, 0.29) is 0 Å². The fourth-order valence-corrected chi connectivity index (χ4v) is 2.10. The van der Waals surface area contributed by atoms with Crippen molar-refractivity contribution >= 4 is 5.97 Å². The van der Waals surface area contributed by atoms with E-state index >= 15 is 0 Å². The van der Waals surface area contributed by atoms with Gasteiger partial charge in [0, 0.05) is 0 Å². The lowest BCUT2D eigenvalue weighted by molar-refractivity contribution is -0.153. The summed E-state index contributed by atoms with van der Waals surface area (Å²) in [6.45, 7) is 0. The van der Waals surface area contributed by atoms with E-state index in [0.29, 0.717) is 18.4 Å². The van der Waals surface area contributed by atoms with Gasteiger partial charge in [-0.2, -0.15) is 13.2 Å². The van der Waals surface area contributed by atoms with Crippen LogP contribution in [-0.4, -0.2) is 19.2 Å². The first kappa shape index (κ1) is 13.9. The number of alkyl halides is 3. The molecule has 1 aliphatic rings. The van der Waals surface area contributed by atoms with Crippen molar-refractivity contribution in [2.75, 3.05) is 7.11 Å². The third-order valence-corrected chi connectivity index (χ3v) is 3.07. The van der Waals surface area contributed by atoms with Gasteiger partial charge in [-0.25, -0.2) is 4.79 Å². The minimum absolute atomic E-state index is 0.432. The van der Waals surface area contributed by atoms with Crippen LogP contribution >= 0.6 is 0 Å². The summed E-state index contributed by atoms with van der Waals surface area (Å²) in [6.07, 6.45) is -4.61. The van der Waals surface area contributed by atoms with Crippen LogP contribution in [0.1, 0.15) is 30.1 Å². The molecule has 0 N–H and O–H groups in total. The van der Waals surface area contributed by atoms with Gasteiger partial charge in [-0.3, -0.25) is 0 Å². The maximum atomic E-state index is 12.6. The molecule has 0 amide bonds. The molecule has 1 saturated heterocycles. The molecule has 1 aromatic rings. The molecule has 104 valence electrons. The highest BCUT2D eigenvalue weighted by Crippen LogP contribution is 2.36. The Morgan fingerprint density at radius 2 is 2.11 bits per heavy atom. The molecule has 1 aliphatic heterocycles. The first-order valence-corrected chi connectivity index (χ1v) is 5.82. The zero-order valence-electron chi connectivity index (χ0n) is 10.2. The van der Waals surface area contributed by atoms with E-state index < -0.39 is 29.9 Å². The van der Waals surface area contributed by atoms with Crippen LogP contribution in [0.2, 0.25) is 0 Å². The van der Waals surface area contributed by atoms with Crippen LogP contribution in [0.3, 0.4) is 0 Å². The number of benzene rings is 1. The fraction of sp³-hybridized carbons (Fsp3) is 0.462. The number of esters is 1. The zero-order chi connectivity index (χ0) is 14.0. The van der Waals surface area contributed by atoms with Crippen LogP contribution in [0.4, 0.5) is 13.2 Å². The molecule has 0 spiro atoms. The van der Waals surface area contributed by atoms with Crippen LogP contribution in [0.25, 0.3) is 0 Å². The molecule has 0 aliphatic carbocycles. The number of hydrogen-bond donors (Lipinski definition) is 0. The highest BCUT2D eigenvalue weighted by atomic mass is 19.4. The van der Waals surface area contributed by atoms with Crippen molar-refractivity contribution in [3.8, 4) is 0 Å². The average molecular weight is 274 g/mol. The number of carbonyl (C=O) groups is 1. The monoisotopic (exact) mass is 274 g/mol. The molecular weight excluding hydrogens is 261 g/mol. The maximum absolute atomic E-state index is 12.6. The molecule has 0 bridgehead atoms. The van der Waals surface area contributed by atoms with E-state index in [0.717, 1.165) is 12.1 Å². The number of carbonyl (C=O) groups excluding carboxylic acids is 1. The third kappa shape index (κ3) is 3.07. The molecule has 1 fully saturated rings. The summed E-state index contributed by atoms with van der Waals surface area (Å²) in [6, 6.07) is 4.98. The number of methoxy groups -OCH3 is 1. The van der Waals surface area contributed by atoms with E-state index in [2.05, 4.69) is 4.74 Å². The summed E-state index contributed by atoms with van der Waals surface area (Å²) in [5, 5.41) is 0. The van der Waals surface area contributed by atoms with Crippen LogP contribution in [0.15, 0.2) is 24.3 Å². The normalized spacial score (nSPS) is 23.4. The molecule has 0 saturated carbocycles. The van der Waals surface area contributed by atoms with E-state index in [4.69, 9.17) is 4.74 Å². The molecule has 1 heterocycles. The SMILES string of the molecule is COC(=O)[C@@H]1CC[C@H](c2cccc(C(F)(F)F)c2)O1. The van der Waals surface area contributed by atoms with Crippen molar-refractivity contribution in [1.29, 1.82) is 0 Å². The molecule has 0 aromatic heterocycles. The van der Waals surface area contributed by atoms with Crippen molar-refractivity contribution < 1.29 is 27.4 Å². The largest absolute Gasteiger partial charge is 0.467 e. The van der Waals surface area contributed by atoms with Crippen molar-refractivity contribution in [3.05, 3.63) is 35.4 Å². The van der Waals surface area contributed by atoms with Gasteiger partial charge in [0.25, 0.3) is 0 Å². The molecule has 2 atom stereocenters. The molecular formula is C13H13F3O3. The van der Waals surface area contributed by atoms with Gasteiger partial charge in [-0.1, -0.05) is 12.1 Å². The fourth-order valence-electron chi connectivity index (χ4n) is 2.10. The summed E-state index contributed by atoms with van der Waals surface area (Å²) in [4.78, 5) is 11.3. The van der Waals surface area contributed by atoms with Gasteiger partial charge < -0.3 is 9.47 Å². The Morgan fingerprint density at radius 3 is 2.74 bits per heavy atom. The topological polar surface area (TPSA) is 35.5 Å². The average Bonchev–Trinajstić information content (AvgIpc) is 2.86.